The van der Waals surface area contributed by atoms with Crippen molar-refractivity contribution in [3.05, 3.63) is 24.3 Å². The van der Waals surface area contributed by atoms with E-state index in [4.69, 9.17) is 16.3 Å². The van der Waals surface area contributed by atoms with E-state index < -0.39 is 6.10 Å². The van der Waals surface area contributed by atoms with Gasteiger partial charge in [0.25, 0.3) is 5.91 Å². The minimum Gasteiger partial charge on any atom is -0.508 e. The van der Waals surface area contributed by atoms with Gasteiger partial charge in [-0.3, -0.25) is 9.59 Å². The fourth-order valence-electron chi connectivity index (χ4n) is 2.67. The summed E-state index contributed by atoms with van der Waals surface area (Å²) in [6.45, 7) is 2.89. The number of rotatable bonds is 6. The number of hydrogen-bond acceptors (Lipinski definition) is 4. The Balaban J connectivity index is 1.79. The number of carbonyl (C=O) groups is 2. The van der Waals surface area contributed by atoms with Crippen LogP contribution in [-0.4, -0.2) is 52.9 Å². The first-order valence-electron chi connectivity index (χ1n) is 8.09. The van der Waals surface area contributed by atoms with Crippen molar-refractivity contribution in [2.45, 2.75) is 38.3 Å². The predicted molar refractivity (Wildman–Crippen MR) is 91.3 cm³/mol. The standard InChI is InChI=1S/C17H23ClN2O4/c1-12(24-15-4-2-14(21)3-5-15)17(23)20-10-7-13(8-11-20)19-16(22)6-9-18/h2-5,12-13,21H,6-11H2,1H3,(H,19,22). The summed E-state index contributed by atoms with van der Waals surface area (Å²) in [4.78, 5) is 25.8. The average Bonchev–Trinajstić information content (AvgIpc) is 2.57. The van der Waals surface area contributed by atoms with E-state index >= 15 is 0 Å². The van der Waals surface area contributed by atoms with Crippen LogP contribution in [0.2, 0.25) is 0 Å². The first kappa shape index (κ1) is 18.4. The van der Waals surface area contributed by atoms with Gasteiger partial charge in [-0.2, -0.15) is 0 Å². The van der Waals surface area contributed by atoms with Crippen LogP contribution in [0.15, 0.2) is 24.3 Å². The number of aromatic hydroxyl groups is 1. The highest BCUT2D eigenvalue weighted by molar-refractivity contribution is 6.18. The van der Waals surface area contributed by atoms with Crippen molar-refractivity contribution in [1.82, 2.24) is 10.2 Å². The van der Waals surface area contributed by atoms with Gasteiger partial charge < -0.3 is 20.1 Å². The molecule has 1 fully saturated rings. The molecule has 0 aliphatic carbocycles. The number of ether oxygens (including phenoxy) is 1. The molecule has 132 valence electrons. The number of nitrogens with one attached hydrogen (secondary N) is 1. The second kappa shape index (κ2) is 8.78. The zero-order chi connectivity index (χ0) is 17.5. The molecule has 1 atom stereocenters. The van der Waals surface area contributed by atoms with E-state index in [9.17, 15) is 14.7 Å². The number of nitrogens with zero attached hydrogens (tertiary/aromatic N) is 1. The molecule has 1 aromatic carbocycles. The summed E-state index contributed by atoms with van der Waals surface area (Å²) < 4.78 is 5.62. The third kappa shape index (κ3) is 5.30. The van der Waals surface area contributed by atoms with Crippen molar-refractivity contribution < 1.29 is 19.4 Å². The maximum absolute atomic E-state index is 12.4. The molecular weight excluding hydrogens is 332 g/mol. The number of phenols is 1. The largest absolute Gasteiger partial charge is 0.508 e. The van der Waals surface area contributed by atoms with Gasteiger partial charge in [-0.1, -0.05) is 0 Å². The van der Waals surface area contributed by atoms with E-state index in [1.54, 1.807) is 24.0 Å². The lowest BCUT2D eigenvalue weighted by Crippen LogP contribution is -2.49. The smallest absolute Gasteiger partial charge is 0.263 e. The maximum atomic E-state index is 12.4. The number of benzene rings is 1. The van der Waals surface area contributed by atoms with Gasteiger partial charge in [0, 0.05) is 31.4 Å². The van der Waals surface area contributed by atoms with E-state index in [1.807, 2.05) is 0 Å². The molecule has 1 saturated heterocycles. The molecular formula is C17H23ClN2O4. The molecule has 6 nitrogen and oxygen atoms in total. The molecule has 24 heavy (non-hydrogen) atoms. The lowest BCUT2D eigenvalue weighted by molar-refractivity contribution is -0.139. The number of phenolic OH excluding ortho intramolecular Hbond substituents is 1. The molecule has 1 aliphatic heterocycles. The van der Waals surface area contributed by atoms with Crippen molar-refractivity contribution in [2.75, 3.05) is 19.0 Å². The molecule has 7 heteroatoms. The summed E-state index contributed by atoms with van der Waals surface area (Å²) in [6.07, 6.45) is 1.17. The zero-order valence-corrected chi connectivity index (χ0v) is 14.5. The first-order valence-corrected chi connectivity index (χ1v) is 8.63. The fourth-order valence-corrected chi connectivity index (χ4v) is 2.84. The van der Waals surface area contributed by atoms with E-state index in [-0.39, 0.29) is 23.6 Å². The Morgan fingerprint density at radius 2 is 1.96 bits per heavy atom. The average molecular weight is 355 g/mol. The third-order valence-corrected chi connectivity index (χ3v) is 4.18. The van der Waals surface area contributed by atoms with Crippen molar-refractivity contribution in [1.29, 1.82) is 0 Å². The highest BCUT2D eigenvalue weighted by Gasteiger charge is 2.27. The van der Waals surface area contributed by atoms with Crippen LogP contribution in [0.5, 0.6) is 11.5 Å². The van der Waals surface area contributed by atoms with Crippen LogP contribution in [0.25, 0.3) is 0 Å². The van der Waals surface area contributed by atoms with Gasteiger partial charge in [0.05, 0.1) is 0 Å². The quantitative estimate of drug-likeness (QED) is 0.765. The molecule has 0 aromatic heterocycles. The van der Waals surface area contributed by atoms with Crippen LogP contribution in [-0.2, 0) is 9.59 Å². The van der Waals surface area contributed by atoms with Gasteiger partial charge in [0.2, 0.25) is 5.91 Å². The molecule has 1 aromatic rings. The zero-order valence-electron chi connectivity index (χ0n) is 13.7. The summed E-state index contributed by atoms with van der Waals surface area (Å²) in [5.41, 5.74) is 0. The molecule has 2 amide bonds. The fraction of sp³-hybridized carbons (Fsp3) is 0.529. The van der Waals surface area contributed by atoms with Crippen LogP contribution in [0.1, 0.15) is 26.2 Å². The highest BCUT2D eigenvalue weighted by Crippen LogP contribution is 2.19. The summed E-state index contributed by atoms with van der Waals surface area (Å²) in [7, 11) is 0. The molecule has 0 radical (unpaired) electrons. The Morgan fingerprint density at radius 3 is 2.54 bits per heavy atom. The Labute approximate surface area is 146 Å². The number of piperidine rings is 1. The second-order valence-corrected chi connectivity index (χ2v) is 6.24. The Morgan fingerprint density at radius 1 is 1.33 bits per heavy atom. The van der Waals surface area contributed by atoms with Crippen LogP contribution in [0, 0.1) is 0 Å². The van der Waals surface area contributed by atoms with Crippen molar-refractivity contribution in [2.24, 2.45) is 0 Å². The van der Waals surface area contributed by atoms with E-state index in [1.165, 1.54) is 12.1 Å². The van der Waals surface area contributed by atoms with Gasteiger partial charge in [0.1, 0.15) is 11.5 Å². The summed E-state index contributed by atoms with van der Waals surface area (Å²) in [5.74, 6) is 0.888. The lowest BCUT2D eigenvalue weighted by Gasteiger charge is -2.33. The molecule has 0 bridgehead atoms. The molecule has 0 saturated carbocycles. The summed E-state index contributed by atoms with van der Waals surface area (Å²) in [5, 5.41) is 12.2. The molecule has 1 aliphatic rings. The van der Waals surface area contributed by atoms with Crippen molar-refractivity contribution in [3.8, 4) is 11.5 Å². The Kier molecular flexibility index (Phi) is 6.73. The molecule has 2 N–H and O–H groups in total. The highest BCUT2D eigenvalue weighted by atomic mass is 35.5. The molecule has 0 spiro atoms. The monoisotopic (exact) mass is 354 g/mol. The van der Waals surface area contributed by atoms with Crippen molar-refractivity contribution in [3.63, 3.8) is 0 Å². The van der Waals surface area contributed by atoms with E-state index in [0.717, 1.165) is 12.8 Å². The number of alkyl halides is 1. The maximum Gasteiger partial charge on any atom is 0.263 e. The molecule has 1 unspecified atom stereocenters. The number of halogens is 1. The predicted octanol–water partition coefficient (Wildman–Crippen LogP) is 1.90. The van der Waals surface area contributed by atoms with Gasteiger partial charge in [0.15, 0.2) is 6.10 Å². The van der Waals surface area contributed by atoms with Gasteiger partial charge in [-0.15, -0.1) is 11.6 Å². The Bertz CT molecular complexity index is 556. The third-order valence-electron chi connectivity index (χ3n) is 3.99. The minimum atomic E-state index is -0.600. The lowest BCUT2D eigenvalue weighted by atomic mass is 10.0. The number of amides is 2. The summed E-state index contributed by atoms with van der Waals surface area (Å²) in [6, 6.07) is 6.37. The topological polar surface area (TPSA) is 78.9 Å². The van der Waals surface area contributed by atoms with Crippen LogP contribution in [0.3, 0.4) is 0 Å². The normalized spacial score (nSPS) is 16.5. The van der Waals surface area contributed by atoms with Crippen LogP contribution >= 0.6 is 11.6 Å². The van der Waals surface area contributed by atoms with Gasteiger partial charge >= 0.3 is 0 Å². The number of hydrogen-bond donors (Lipinski definition) is 2. The number of likely N-dealkylation sites (tertiary alicyclic amines) is 1. The van der Waals surface area contributed by atoms with E-state index in [2.05, 4.69) is 5.32 Å². The molecule has 2 rings (SSSR count). The minimum absolute atomic E-state index is 0.0428. The first-order chi connectivity index (χ1) is 11.5. The SMILES string of the molecule is CC(Oc1ccc(O)cc1)C(=O)N1CCC(NC(=O)CCCl)CC1. The Hall–Kier alpha value is -1.95. The van der Waals surface area contributed by atoms with E-state index in [0.29, 0.717) is 31.1 Å². The van der Waals surface area contributed by atoms with Gasteiger partial charge in [-0.05, 0) is 44.0 Å². The van der Waals surface area contributed by atoms with Crippen LogP contribution in [0.4, 0.5) is 0 Å². The summed E-state index contributed by atoms with van der Waals surface area (Å²) >= 11 is 5.55. The number of carbonyl (C=O) groups excluding carboxylic acids is 2. The van der Waals surface area contributed by atoms with Crippen molar-refractivity contribution >= 4 is 23.4 Å². The van der Waals surface area contributed by atoms with Crippen LogP contribution < -0.4 is 10.1 Å². The second-order valence-electron chi connectivity index (χ2n) is 5.86. The molecule has 1 heterocycles. The van der Waals surface area contributed by atoms with Gasteiger partial charge in [-0.25, -0.2) is 0 Å².